The molecule has 25 heavy (non-hydrogen) atoms. The van der Waals surface area contributed by atoms with E-state index in [0.29, 0.717) is 6.54 Å². The van der Waals surface area contributed by atoms with Crippen LogP contribution in [-0.2, 0) is 10.1 Å². The average Bonchev–Trinajstić information content (AvgIpc) is 2.55. The number of nitrogens with two attached hydrogens (primary N) is 1. The SMILES string of the molecule is C=CCN.O=S(=O)(O)CC(F)C(F)C(F)C(F)C(F)CCCCCF. The molecule has 0 aliphatic rings. The second kappa shape index (κ2) is 14.4. The Hall–Kier alpha value is -0.810. The third-order valence-electron chi connectivity index (χ3n) is 2.95. The molecule has 0 bridgehead atoms. The van der Waals surface area contributed by atoms with E-state index in [1.807, 2.05) is 0 Å². The maximum absolute atomic E-state index is 13.3. The van der Waals surface area contributed by atoms with Crippen molar-refractivity contribution in [1.82, 2.24) is 0 Å². The van der Waals surface area contributed by atoms with Crippen molar-refractivity contribution in [3.8, 4) is 0 Å². The second-order valence-electron chi connectivity index (χ2n) is 5.18. The lowest BCUT2D eigenvalue weighted by Crippen LogP contribution is -2.41. The third kappa shape index (κ3) is 14.1. The summed E-state index contributed by atoms with van der Waals surface area (Å²) in [4.78, 5) is 0. The first-order valence-corrected chi connectivity index (χ1v) is 9.15. The van der Waals surface area contributed by atoms with Gasteiger partial charge in [0, 0.05) is 6.54 Å². The van der Waals surface area contributed by atoms with Gasteiger partial charge in [-0.15, -0.1) is 6.58 Å². The molecule has 0 aliphatic carbocycles. The monoisotopic (exact) mass is 401 g/mol. The molecular formula is C14H25F6NO3S. The summed E-state index contributed by atoms with van der Waals surface area (Å²) in [6.45, 7) is 3.31. The molecule has 0 saturated carbocycles. The number of alkyl halides is 6. The highest BCUT2D eigenvalue weighted by Crippen LogP contribution is 2.24. The molecule has 0 aromatic heterocycles. The minimum absolute atomic E-state index is 0.0548. The molecule has 0 radical (unpaired) electrons. The summed E-state index contributed by atoms with van der Waals surface area (Å²) in [6.07, 6.45) is -13.2. The van der Waals surface area contributed by atoms with Crippen molar-refractivity contribution in [1.29, 1.82) is 0 Å². The smallest absolute Gasteiger partial charge is 0.267 e. The standard InChI is InChI=1S/C11H18F6O3S.C3H7N/c12-5-3-1-2-4-7(13)9(15)11(17)10(16)8(14)6-21(18,19)20;1-2-3-4/h7-11H,1-6H2,(H,18,19,20);2H,1,3-4H2. The van der Waals surface area contributed by atoms with E-state index in [9.17, 15) is 34.8 Å². The number of rotatable bonds is 12. The van der Waals surface area contributed by atoms with E-state index in [1.54, 1.807) is 6.08 Å². The topological polar surface area (TPSA) is 80.4 Å². The molecule has 0 amide bonds. The minimum atomic E-state index is -4.90. The van der Waals surface area contributed by atoms with Crippen LogP contribution < -0.4 is 5.73 Å². The van der Waals surface area contributed by atoms with Crippen LogP contribution in [0, 0.1) is 0 Å². The molecule has 0 aromatic carbocycles. The third-order valence-corrected chi connectivity index (χ3v) is 3.69. The van der Waals surface area contributed by atoms with Crippen LogP contribution in [-0.4, -0.2) is 62.8 Å². The fraction of sp³-hybridized carbons (Fsp3) is 0.857. The zero-order valence-electron chi connectivity index (χ0n) is 13.6. The van der Waals surface area contributed by atoms with Gasteiger partial charge < -0.3 is 5.73 Å². The van der Waals surface area contributed by atoms with E-state index in [1.165, 1.54) is 0 Å². The normalized spacial score (nSPS) is 17.6. The number of unbranched alkanes of at least 4 members (excludes halogenated alkanes) is 2. The predicted octanol–water partition coefficient (Wildman–Crippen LogP) is 3.23. The summed E-state index contributed by atoms with van der Waals surface area (Å²) in [5.74, 6) is -1.74. The van der Waals surface area contributed by atoms with E-state index >= 15 is 0 Å². The quantitative estimate of drug-likeness (QED) is 0.228. The summed E-state index contributed by atoms with van der Waals surface area (Å²) < 4.78 is 107. The summed E-state index contributed by atoms with van der Waals surface area (Å²) in [7, 11) is -4.90. The summed E-state index contributed by atoms with van der Waals surface area (Å²) >= 11 is 0. The molecule has 0 rings (SSSR count). The Labute approximate surface area is 144 Å². The minimum Gasteiger partial charge on any atom is -0.327 e. The van der Waals surface area contributed by atoms with E-state index in [0.717, 1.165) is 0 Å². The zero-order chi connectivity index (χ0) is 20.0. The van der Waals surface area contributed by atoms with Crippen LogP contribution in [0.5, 0.6) is 0 Å². The van der Waals surface area contributed by atoms with Crippen molar-refractivity contribution in [2.24, 2.45) is 5.73 Å². The Morgan fingerprint density at radius 1 is 0.960 bits per heavy atom. The number of hydrogen-bond acceptors (Lipinski definition) is 3. The number of halogens is 6. The van der Waals surface area contributed by atoms with Crippen molar-refractivity contribution in [2.45, 2.75) is 56.5 Å². The first-order valence-electron chi connectivity index (χ1n) is 7.54. The largest absolute Gasteiger partial charge is 0.327 e. The van der Waals surface area contributed by atoms with Gasteiger partial charge in [-0.1, -0.05) is 18.9 Å². The van der Waals surface area contributed by atoms with Gasteiger partial charge in [0.2, 0.25) is 0 Å². The summed E-state index contributed by atoms with van der Waals surface area (Å²) in [5, 5.41) is 0. The molecule has 0 saturated heterocycles. The van der Waals surface area contributed by atoms with Gasteiger partial charge >= 0.3 is 0 Å². The Kier molecular flexibility index (Phi) is 15.2. The van der Waals surface area contributed by atoms with E-state index in [4.69, 9.17) is 10.3 Å². The first-order chi connectivity index (χ1) is 11.5. The van der Waals surface area contributed by atoms with Crippen LogP contribution in [0.25, 0.3) is 0 Å². The maximum Gasteiger partial charge on any atom is 0.267 e. The van der Waals surface area contributed by atoms with Crippen LogP contribution in [0.3, 0.4) is 0 Å². The van der Waals surface area contributed by atoms with Gasteiger partial charge in [0.15, 0.2) is 24.7 Å². The van der Waals surface area contributed by atoms with E-state index < -0.39 is 59.8 Å². The molecule has 0 heterocycles. The van der Waals surface area contributed by atoms with Gasteiger partial charge in [-0.3, -0.25) is 8.94 Å². The van der Waals surface area contributed by atoms with Crippen LogP contribution in [0.1, 0.15) is 25.7 Å². The van der Waals surface area contributed by atoms with Crippen LogP contribution in [0.15, 0.2) is 12.7 Å². The van der Waals surface area contributed by atoms with Crippen LogP contribution >= 0.6 is 0 Å². The van der Waals surface area contributed by atoms with Crippen molar-refractivity contribution < 1.29 is 39.3 Å². The van der Waals surface area contributed by atoms with Gasteiger partial charge in [0.05, 0.1) is 6.67 Å². The van der Waals surface area contributed by atoms with Gasteiger partial charge in [-0.05, 0) is 12.8 Å². The Bertz CT molecular complexity index is 440. The fourth-order valence-electron chi connectivity index (χ4n) is 1.64. The zero-order valence-corrected chi connectivity index (χ0v) is 14.5. The Morgan fingerprint density at radius 3 is 1.84 bits per heavy atom. The van der Waals surface area contributed by atoms with Gasteiger partial charge in [-0.2, -0.15) is 8.42 Å². The van der Waals surface area contributed by atoms with Gasteiger partial charge in [0.1, 0.15) is 11.9 Å². The molecule has 5 unspecified atom stereocenters. The van der Waals surface area contributed by atoms with Gasteiger partial charge in [-0.25, -0.2) is 22.0 Å². The molecule has 0 aliphatic heterocycles. The second-order valence-corrected chi connectivity index (χ2v) is 6.67. The molecule has 0 fully saturated rings. The number of hydrogen-bond donors (Lipinski definition) is 2. The molecule has 0 aromatic rings. The Morgan fingerprint density at radius 2 is 1.44 bits per heavy atom. The maximum atomic E-state index is 13.3. The highest BCUT2D eigenvalue weighted by Gasteiger charge is 2.41. The van der Waals surface area contributed by atoms with Crippen LogP contribution in [0.2, 0.25) is 0 Å². The lowest BCUT2D eigenvalue weighted by atomic mass is 10.0. The molecule has 5 atom stereocenters. The van der Waals surface area contributed by atoms with Crippen molar-refractivity contribution >= 4 is 10.1 Å². The van der Waals surface area contributed by atoms with E-state index in [-0.39, 0.29) is 19.3 Å². The summed E-state index contributed by atoms with van der Waals surface area (Å²) in [6, 6.07) is 0. The molecule has 4 nitrogen and oxygen atoms in total. The first kappa shape index (κ1) is 26.4. The molecule has 3 N–H and O–H groups in total. The Balaban J connectivity index is 0. The summed E-state index contributed by atoms with van der Waals surface area (Å²) in [5.41, 5.74) is 4.91. The molecule has 152 valence electrons. The lowest BCUT2D eigenvalue weighted by molar-refractivity contribution is 0.00346. The van der Waals surface area contributed by atoms with E-state index in [2.05, 4.69) is 6.58 Å². The van der Waals surface area contributed by atoms with Gasteiger partial charge in [0.25, 0.3) is 10.1 Å². The molecular weight excluding hydrogens is 376 g/mol. The fourth-order valence-corrected chi connectivity index (χ4v) is 2.22. The molecule has 11 heteroatoms. The van der Waals surface area contributed by atoms with Crippen molar-refractivity contribution in [3.05, 3.63) is 12.7 Å². The lowest BCUT2D eigenvalue weighted by Gasteiger charge is -2.22. The molecule has 0 spiro atoms. The van der Waals surface area contributed by atoms with Crippen LogP contribution in [0.4, 0.5) is 26.3 Å². The average molecular weight is 401 g/mol. The van der Waals surface area contributed by atoms with Crippen molar-refractivity contribution in [3.63, 3.8) is 0 Å². The highest BCUT2D eigenvalue weighted by molar-refractivity contribution is 7.85. The van der Waals surface area contributed by atoms with Crippen molar-refractivity contribution in [2.75, 3.05) is 19.0 Å². The predicted molar refractivity (Wildman–Crippen MR) is 84.6 cm³/mol. The highest BCUT2D eigenvalue weighted by atomic mass is 32.2.